The highest BCUT2D eigenvalue weighted by atomic mass is 32.2. The van der Waals surface area contributed by atoms with Crippen molar-refractivity contribution in [1.82, 2.24) is 95.7 Å². The molecule has 2 rings (SSSR count). The third-order valence-electron chi connectivity index (χ3n) is 23.1. The molecular weight excluding hydrogens is 1950 g/mol. The van der Waals surface area contributed by atoms with Gasteiger partial charge < -0.3 is 154 Å². The van der Waals surface area contributed by atoms with Crippen LogP contribution < -0.4 is 119 Å². The molecule has 33 N–H and O–H groups in total. The Morgan fingerprint density at radius 1 is 0.299 bits per heavy atom. The molecule has 0 unspecified atom stereocenters. The molecule has 147 heavy (non-hydrogen) atoms. The largest absolute Gasteiger partial charge is 0.481 e. The maximum absolute atomic E-state index is 14.5. The van der Waals surface area contributed by atoms with Crippen molar-refractivity contribution >= 4 is 148 Å². The van der Waals surface area contributed by atoms with Gasteiger partial charge in [0.05, 0.1) is 50.7 Å². The van der Waals surface area contributed by atoms with E-state index in [2.05, 4.69) is 95.7 Å². The van der Waals surface area contributed by atoms with Gasteiger partial charge in [-0.1, -0.05) is 129 Å². The van der Waals surface area contributed by atoms with Gasteiger partial charge in [0.1, 0.15) is 90.6 Å². The van der Waals surface area contributed by atoms with Crippen LogP contribution in [0.15, 0.2) is 60.7 Å². The van der Waals surface area contributed by atoms with Gasteiger partial charge in [0.25, 0.3) is 0 Å². The second-order valence-electron chi connectivity index (χ2n) is 36.4. The van der Waals surface area contributed by atoms with Gasteiger partial charge in [0, 0.05) is 25.7 Å². The molecule has 0 radical (unpaired) electrons. The standard InChI is InChI=1S/C94H150N22O30S/c1-12-51(8)76(115-84(135)59(32-34-69(122)123)105-82(133)57(30-20-23-38-96)104-79(130)56(98)29-19-22-37-95)91(142)114-75(50(6)7)90(141)110-63(42-55-27-17-14-18-28-55)81(132)100-47-68(121)111-77(52(9)117)92(143)116-78(53(10)118)93(144)113-73(48(2)3)88(139)101-46-67(120)103-65(44-72(128)129)87(138)109-62(41-54-25-15-13-16-26-54)80(131)99-45-66(119)102-64(43-71(126)127)86(137)106-60(36-40-147-11)85(136)112-74(49(4)5)89(140)107-58(31-21-24-39-97)83(134)108-61(94(145)146)33-35-70(124)125/h13-18,25-28,48-53,56-65,73-78,117-118H,12,19-24,29-47,95-98H2,1-11H3,(H,99,131)(H,100,132)(H,101,139)(H,102,119)(H,103,120)(H,104,130)(H,105,133)(H,106,137)(H,107,140)(H,108,134)(H,109,138)(H,110,141)(H,111,121)(H,112,136)(H,113,144)(H,114,142)(H,115,135)(H,116,143)(H,122,123)(H,124,125)(H,126,127)(H,128,129)(H,145,146)/t51-,52+,53+,56-,57-,58-,59-,60-,61-,62-,63-,64-,65-,73-,74-,75-,76-,77-,78-/m0/s1. The molecule has 0 fully saturated rings. The molecule has 0 saturated heterocycles. The van der Waals surface area contributed by atoms with Gasteiger partial charge in [-0.25, -0.2) is 4.79 Å². The number of nitrogens with one attached hydrogen (secondary N) is 18. The number of thioether (sulfide) groups is 1. The number of aliphatic hydroxyl groups is 2. The van der Waals surface area contributed by atoms with Crippen molar-refractivity contribution in [3.05, 3.63) is 71.8 Å². The van der Waals surface area contributed by atoms with Gasteiger partial charge in [-0.05, 0) is 151 Å². The number of aliphatic hydroxyl groups excluding tert-OH is 2. The average Bonchev–Trinajstić information content (AvgIpc) is 0.826. The van der Waals surface area contributed by atoms with E-state index in [-0.39, 0.29) is 70.2 Å². The summed E-state index contributed by atoms with van der Waals surface area (Å²) in [7, 11) is 0. The Kier molecular flexibility index (Phi) is 60.5. The Morgan fingerprint density at radius 3 is 0.966 bits per heavy atom. The number of nitrogens with two attached hydrogens (primary N) is 4. The zero-order valence-electron chi connectivity index (χ0n) is 84.6. The van der Waals surface area contributed by atoms with Crippen LogP contribution in [0, 0.1) is 23.7 Å². The molecule has 2 aromatic rings. The molecule has 0 spiro atoms. The highest BCUT2D eigenvalue weighted by molar-refractivity contribution is 7.98. The minimum absolute atomic E-state index is 0.0568. The summed E-state index contributed by atoms with van der Waals surface area (Å²) < 4.78 is 0. The second-order valence-corrected chi connectivity index (χ2v) is 37.4. The van der Waals surface area contributed by atoms with Gasteiger partial charge in [0.2, 0.25) is 106 Å². The Labute approximate surface area is 855 Å². The van der Waals surface area contributed by atoms with E-state index >= 15 is 0 Å². The number of unbranched alkanes of at least 4 members (excludes halogenated alkanes) is 3. The van der Waals surface area contributed by atoms with Gasteiger partial charge >= 0.3 is 29.8 Å². The van der Waals surface area contributed by atoms with Crippen LogP contribution in [0.5, 0.6) is 0 Å². The van der Waals surface area contributed by atoms with Crippen molar-refractivity contribution in [3.8, 4) is 0 Å². The molecule has 53 heteroatoms. The van der Waals surface area contributed by atoms with E-state index in [1.165, 1.54) is 51.6 Å². The minimum Gasteiger partial charge on any atom is -0.481 e. The summed E-state index contributed by atoms with van der Waals surface area (Å²) in [6.07, 6.45) is -4.24. The number of rotatable bonds is 73. The highest BCUT2D eigenvalue weighted by Crippen LogP contribution is 2.18. The molecule has 0 aromatic heterocycles. The Balaban J connectivity index is 2.34. The number of carbonyl (C=O) groups excluding carboxylic acids is 18. The first-order chi connectivity index (χ1) is 69.2. The lowest BCUT2D eigenvalue weighted by molar-refractivity contribution is -0.144. The summed E-state index contributed by atoms with van der Waals surface area (Å²) in [5.74, 6) is -29.7. The predicted octanol–water partition coefficient (Wildman–Crippen LogP) is -6.90. The minimum atomic E-state index is -2.04. The van der Waals surface area contributed by atoms with E-state index in [9.17, 15) is 141 Å². The Morgan fingerprint density at radius 2 is 0.592 bits per heavy atom. The molecule has 0 aliphatic heterocycles. The number of carboxylic acid groups (broad SMARTS) is 5. The number of carbonyl (C=O) groups is 23. The molecule has 52 nitrogen and oxygen atoms in total. The van der Waals surface area contributed by atoms with Crippen LogP contribution in [-0.2, 0) is 123 Å². The van der Waals surface area contributed by atoms with Crippen molar-refractivity contribution in [2.24, 2.45) is 46.6 Å². The number of amides is 18. The first kappa shape index (κ1) is 129. The zero-order valence-corrected chi connectivity index (χ0v) is 85.4. The first-order valence-corrected chi connectivity index (χ1v) is 49.9. The van der Waals surface area contributed by atoms with Crippen LogP contribution in [0.25, 0.3) is 0 Å². The molecule has 18 amide bonds. The molecule has 0 heterocycles. The summed E-state index contributed by atoms with van der Waals surface area (Å²) in [5.41, 5.74) is 23.9. The summed E-state index contributed by atoms with van der Waals surface area (Å²) >= 11 is 1.21. The van der Waals surface area contributed by atoms with E-state index in [0.717, 1.165) is 13.8 Å². The van der Waals surface area contributed by atoms with Gasteiger partial charge in [-0.15, -0.1) is 0 Å². The summed E-state index contributed by atoms with van der Waals surface area (Å²) in [6, 6.07) is -9.78. The van der Waals surface area contributed by atoms with Crippen LogP contribution in [0.2, 0.25) is 0 Å². The Bertz CT molecular complexity index is 4710. The first-order valence-electron chi connectivity index (χ1n) is 48.5. The maximum Gasteiger partial charge on any atom is 0.326 e. The van der Waals surface area contributed by atoms with E-state index in [4.69, 9.17) is 28.0 Å². The Hall–Kier alpha value is -13.6. The van der Waals surface area contributed by atoms with Crippen LogP contribution >= 0.6 is 11.8 Å². The number of carboxylic acids is 5. The number of aliphatic carboxylic acids is 5. The molecule has 0 saturated carbocycles. The molecule has 2 aromatic carbocycles. The summed E-state index contributed by atoms with van der Waals surface area (Å²) in [5, 5.41) is 113. The average molecular weight is 2100 g/mol. The van der Waals surface area contributed by atoms with Crippen molar-refractivity contribution in [1.29, 1.82) is 0 Å². The molecule has 0 aliphatic rings. The monoisotopic (exact) mass is 2100 g/mol. The molecule has 19 atom stereocenters. The maximum atomic E-state index is 14.5. The molecule has 0 bridgehead atoms. The van der Waals surface area contributed by atoms with Crippen LogP contribution in [0.1, 0.15) is 190 Å². The van der Waals surface area contributed by atoms with Gasteiger partial charge in [0.15, 0.2) is 0 Å². The number of hydrogen-bond acceptors (Lipinski definition) is 30. The number of hydrogen-bond donors (Lipinski definition) is 29. The summed E-state index contributed by atoms with van der Waals surface area (Å²) in [6.45, 7) is 12.1. The topological polar surface area (TPSA) is 855 Å². The fourth-order valence-corrected chi connectivity index (χ4v) is 14.9. The normalized spacial score (nSPS) is 15.0. The second kappa shape index (κ2) is 68.7. The lowest BCUT2D eigenvalue weighted by atomic mass is 9.95. The summed E-state index contributed by atoms with van der Waals surface area (Å²) in [4.78, 5) is 311. The van der Waals surface area contributed by atoms with Gasteiger partial charge in [-0.3, -0.25) is 105 Å². The lowest BCUT2D eigenvalue weighted by Crippen LogP contribution is -2.62. The fourth-order valence-electron chi connectivity index (χ4n) is 14.4. The van der Waals surface area contributed by atoms with E-state index in [0.29, 0.717) is 49.8 Å². The van der Waals surface area contributed by atoms with E-state index in [1.807, 2.05) is 0 Å². The predicted molar refractivity (Wildman–Crippen MR) is 531 cm³/mol. The third-order valence-corrected chi connectivity index (χ3v) is 23.7. The third kappa shape index (κ3) is 49.9. The van der Waals surface area contributed by atoms with Crippen molar-refractivity contribution in [2.75, 3.05) is 51.3 Å². The van der Waals surface area contributed by atoms with Crippen LogP contribution in [0.4, 0.5) is 0 Å². The molecular formula is C94H150N22O30S. The smallest absolute Gasteiger partial charge is 0.326 e. The quantitative estimate of drug-likeness (QED) is 0.0274. The fraction of sp³-hybridized carbons (Fsp3) is 0.628. The van der Waals surface area contributed by atoms with Crippen molar-refractivity contribution < 1.29 is 146 Å². The van der Waals surface area contributed by atoms with Crippen LogP contribution in [-0.4, -0.2) is 332 Å². The van der Waals surface area contributed by atoms with E-state index < -0.39 is 327 Å². The van der Waals surface area contributed by atoms with Gasteiger partial charge in [-0.2, -0.15) is 11.8 Å². The molecule has 822 valence electrons. The van der Waals surface area contributed by atoms with Crippen LogP contribution in [0.3, 0.4) is 0 Å². The SMILES string of the molecule is CC[C@H](C)[C@H](NC(=O)[C@H](CCC(=O)O)NC(=O)[C@H](CCCCN)NC(=O)[C@@H](N)CCCCN)C(=O)N[C@H](C(=O)N[C@@H](Cc1ccccc1)C(=O)NCC(=O)N[C@H](C(=O)N[C@H](C(=O)N[C@H](C(=O)NCC(=O)N[C@@H](CC(=O)O)C(=O)N[C@@H](Cc1ccccc1)C(=O)NCC(=O)N[C@@H](CC(=O)O)C(=O)N[C@@H](CCSC)C(=O)N[C@H](C(=O)N[C@@H](CCCCN)C(=O)N[C@@H](CCC(=O)O)C(=O)O)C(C)C)C(C)C)[C@@H](C)O)[C@@H](C)O)C(C)C. The molecule has 0 aliphatic carbocycles. The van der Waals surface area contributed by atoms with E-state index in [1.54, 1.807) is 82.5 Å². The lowest BCUT2D eigenvalue weighted by Gasteiger charge is -2.30. The number of benzene rings is 2. The van der Waals surface area contributed by atoms with Crippen molar-refractivity contribution in [2.45, 2.75) is 300 Å². The zero-order chi connectivity index (χ0) is 111. The highest BCUT2D eigenvalue weighted by Gasteiger charge is 2.42. The van der Waals surface area contributed by atoms with Crippen molar-refractivity contribution in [3.63, 3.8) is 0 Å².